The molecule has 1 aromatic heterocycles. The molecule has 0 radical (unpaired) electrons. The molecule has 3 heterocycles. The molecule has 1 fully saturated rings. The molecule has 2 aliphatic heterocycles. The minimum absolute atomic E-state index is 0.277. The molecule has 4 nitrogen and oxygen atoms in total. The monoisotopic (exact) mass is 256 g/mol. The normalized spacial score (nSPS) is 24.9. The van der Waals surface area contributed by atoms with Gasteiger partial charge in [-0.25, -0.2) is 9.97 Å². The largest absolute Gasteiger partial charge is 0.364 e. The lowest BCUT2D eigenvalue weighted by molar-refractivity contribution is 0.140. The second kappa shape index (κ2) is 5.53. The fraction of sp³-hybridized carbons (Fsp3) is 0.467. The number of likely N-dealkylation sites (tertiary alicyclic amines) is 1. The third kappa shape index (κ3) is 2.68. The summed E-state index contributed by atoms with van der Waals surface area (Å²) in [5, 5.41) is 0. The highest BCUT2D eigenvalue weighted by Crippen LogP contribution is 2.30. The number of piperidine rings is 1. The third-order valence-corrected chi connectivity index (χ3v) is 4.02. The van der Waals surface area contributed by atoms with E-state index in [9.17, 15) is 0 Å². The van der Waals surface area contributed by atoms with Gasteiger partial charge in [0.15, 0.2) is 0 Å². The Hall–Kier alpha value is -1.68. The van der Waals surface area contributed by atoms with Crippen LogP contribution in [0.3, 0.4) is 0 Å². The Balaban J connectivity index is 1.79. The lowest BCUT2D eigenvalue weighted by Crippen LogP contribution is -2.43. The molecule has 0 aliphatic carbocycles. The van der Waals surface area contributed by atoms with E-state index < -0.39 is 0 Å². The molecule has 0 N–H and O–H groups in total. The Bertz CT molecular complexity index is 460. The minimum Gasteiger partial charge on any atom is -0.364 e. The molecule has 100 valence electrons. The van der Waals surface area contributed by atoms with Crippen molar-refractivity contribution in [3.63, 3.8) is 0 Å². The maximum atomic E-state index is 4.15. The summed E-state index contributed by atoms with van der Waals surface area (Å²) in [7, 11) is 2.20. The molecule has 0 saturated carbocycles. The summed E-state index contributed by atoms with van der Waals surface area (Å²) in [6, 6.07) is 0.891. The van der Waals surface area contributed by atoms with E-state index in [2.05, 4.69) is 51.2 Å². The van der Waals surface area contributed by atoms with Crippen molar-refractivity contribution in [2.45, 2.75) is 24.9 Å². The Morgan fingerprint density at radius 1 is 1.11 bits per heavy atom. The molecule has 0 bridgehead atoms. The second-order valence-corrected chi connectivity index (χ2v) is 5.32. The van der Waals surface area contributed by atoms with Crippen LogP contribution in [-0.4, -0.2) is 45.9 Å². The molecule has 4 heteroatoms. The van der Waals surface area contributed by atoms with Gasteiger partial charge in [-0.2, -0.15) is 0 Å². The molecule has 2 aliphatic rings. The van der Waals surface area contributed by atoms with Gasteiger partial charge in [0.1, 0.15) is 6.33 Å². The predicted molar refractivity (Wildman–Crippen MR) is 75.4 cm³/mol. The minimum atomic E-state index is 0.277. The van der Waals surface area contributed by atoms with Gasteiger partial charge in [-0.3, -0.25) is 0 Å². The van der Waals surface area contributed by atoms with Crippen molar-refractivity contribution in [3.05, 3.63) is 48.7 Å². The van der Waals surface area contributed by atoms with Gasteiger partial charge < -0.3 is 9.80 Å². The van der Waals surface area contributed by atoms with E-state index in [1.54, 1.807) is 6.33 Å². The van der Waals surface area contributed by atoms with E-state index in [1.165, 1.54) is 31.5 Å². The smallest absolute Gasteiger partial charge is 0.115 e. The first-order valence-electron chi connectivity index (χ1n) is 6.90. The molecular formula is C15H20N4. The highest BCUT2D eigenvalue weighted by Gasteiger charge is 2.27. The van der Waals surface area contributed by atoms with Crippen molar-refractivity contribution in [2.24, 2.45) is 0 Å². The van der Waals surface area contributed by atoms with Crippen molar-refractivity contribution in [1.82, 2.24) is 19.8 Å². The zero-order valence-corrected chi connectivity index (χ0v) is 11.3. The summed E-state index contributed by atoms with van der Waals surface area (Å²) in [4.78, 5) is 13.2. The Kier molecular flexibility index (Phi) is 3.60. The van der Waals surface area contributed by atoms with E-state index in [4.69, 9.17) is 0 Å². The van der Waals surface area contributed by atoms with Crippen molar-refractivity contribution in [1.29, 1.82) is 0 Å². The van der Waals surface area contributed by atoms with E-state index in [0.717, 1.165) is 0 Å². The van der Waals surface area contributed by atoms with Crippen LogP contribution in [0, 0.1) is 0 Å². The highest BCUT2D eigenvalue weighted by atomic mass is 15.2. The third-order valence-electron chi connectivity index (χ3n) is 4.02. The average molecular weight is 256 g/mol. The first kappa shape index (κ1) is 12.4. The second-order valence-electron chi connectivity index (χ2n) is 5.32. The zero-order chi connectivity index (χ0) is 13.1. The molecular weight excluding hydrogens is 236 g/mol. The van der Waals surface area contributed by atoms with E-state index in [1.807, 2.05) is 12.4 Å². The molecule has 1 aromatic rings. The van der Waals surface area contributed by atoms with E-state index >= 15 is 0 Å². The van der Waals surface area contributed by atoms with Crippen LogP contribution >= 0.6 is 0 Å². The zero-order valence-electron chi connectivity index (χ0n) is 11.3. The number of hydrogen-bond acceptors (Lipinski definition) is 4. The SMILES string of the molecule is CN1CCC(N2C=CC=CC2c2cncnc2)CC1. The lowest BCUT2D eigenvalue weighted by Gasteiger charge is -2.41. The summed E-state index contributed by atoms with van der Waals surface area (Å²) in [5.41, 5.74) is 1.17. The molecule has 0 spiro atoms. The number of rotatable bonds is 2. The molecule has 1 unspecified atom stereocenters. The van der Waals surface area contributed by atoms with Crippen LogP contribution in [-0.2, 0) is 0 Å². The number of nitrogens with zero attached hydrogens (tertiary/aromatic N) is 4. The molecule has 3 rings (SSSR count). The Morgan fingerprint density at radius 3 is 2.58 bits per heavy atom. The Morgan fingerprint density at radius 2 is 1.84 bits per heavy atom. The number of allylic oxidation sites excluding steroid dienone is 2. The van der Waals surface area contributed by atoms with Gasteiger partial charge in [0.25, 0.3) is 0 Å². The number of aromatic nitrogens is 2. The van der Waals surface area contributed by atoms with E-state index in [0.29, 0.717) is 6.04 Å². The van der Waals surface area contributed by atoms with Crippen LogP contribution in [0.15, 0.2) is 43.1 Å². The van der Waals surface area contributed by atoms with Crippen molar-refractivity contribution >= 4 is 0 Å². The molecule has 0 amide bonds. The lowest BCUT2D eigenvalue weighted by atomic mass is 9.98. The number of hydrogen-bond donors (Lipinski definition) is 0. The summed E-state index contributed by atoms with van der Waals surface area (Å²) in [5.74, 6) is 0. The summed E-state index contributed by atoms with van der Waals surface area (Å²) in [6.07, 6.45) is 16.6. The first-order valence-corrected chi connectivity index (χ1v) is 6.90. The first-order chi connectivity index (χ1) is 9.34. The van der Waals surface area contributed by atoms with Gasteiger partial charge in [-0.15, -0.1) is 0 Å². The van der Waals surface area contributed by atoms with Gasteiger partial charge in [-0.05, 0) is 39.1 Å². The van der Waals surface area contributed by atoms with Crippen LogP contribution < -0.4 is 0 Å². The summed E-state index contributed by atoms with van der Waals surface area (Å²) < 4.78 is 0. The van der Waals surface area contributed by atoms with Gasteiger partial charge in [0.05, 0.1) is 6.04 Å². The quantitative estimate of drug-likeness (QED) is 0.810. The van der Waals surface area contributed by atoms with E-state index in [-0.39, 0.29) is 6.04 Å². The molecule has 1 atom stereocenters. The summed E-state index contributed by atoms with van der Waals surface area (Å²) >= 11 is 0. The van der Waals surface area contributed by atoms with Gasteiger partial charge >= 0.3 is 0 Å². The standard InChI is InChI=1S/C15H20N4/c1-18-8-5-14(6-9-18)19-7-3-2-4-15(19)13-10-16-12-17-11-13/h2-4,7,10-12,14-15H,5-6,8-9H2,1H3. The van der Waals surface area contributed by atoms with Crippen molar-refractivity contribution in [2.75, 3.05) is 20.1 Å². The van der Waals surface area contributed by atoms with Crippen molar-refractivity contribution < 1.29 is 0 Å². The van der Waals surface area contributed by atoms with Crippen LogP contribution in [0.2, 0.25) is 0 Å². The van der Waals surface area contributed by atoms with Crippen LogP contribution in [0.1, 0.15) is 24.4 Å². The van der Waals surface area contributed by atoms with Gasteiger partial charge in [0.2, 0.25) is 0 Å². The van der Waals surface area contributed by atoms with Gasteiger partial charge in [-0.1, -0.05) is 12.2 Å². The van der Waals surface area contributed by atoms with Crippen LogP contribution in [0.4, 0.5) is 0 Å². The molecule has 1 saturated heterocycles. The molecule has 0 aromatic carbocycles. The van der Waals surface area contributed by atoms with Gasteiger partial charge in [0, 0.05) is 30.2 Å². The maximum Gasteiger partial charge on any atom is 0.115 e. The van der Waals surface area contributed by atoms with Crippen LogP contribution in [0.25, 0.3) is 0 Å². The predicted octanol–water partition coefficient (Wildman–Crippen LogP) is 2.00. The maximum absolute atomic E-state index is 4.15. The Labute approximate surface area is 114 Å². The average Bonchev–Trinajstić information content (AvgIpc) is 2.49. The van der Waals surface area contributed by atoms with Crippen molar-refractivity contribution in [3.8, 4) is 0 Å². The summed E-state index contributed by atoms with van der Waals surface area (Å²) in [6.45, 7) is 2.35. The highest BCUT2D eigenvalue weighted by molar-refractivity contribution is 5.24. The fourth-order valence-electron chi connectivity index (χ4n) is 2.90. The van der Waals surface area contributed by atoms with Crippen LogP contribution in [0.5, 0.6) is 0 Å². The topological polar surface area (TPSA) is 32.3 Å². The molecule has 19 heavy (non-hydrogen) atoms. The fourth-order valence-corrected chi connectivity index (χ4v) is 2.90.